The van der Waals surface area contributed by atoms with E-state index in [1.165, 1.54) is 0 Å². The summed E-state index contributed by atoms with van der Waals surface area (Å²) in [6, 6.07) is 0. The molecule has 1 rings (SSSR count). The number of nitrogens with zero attached hydrogens (tertiary/aromatic N) is 1. The Bertz CT molecular complexity index is 164. The standard InChI is InChI=1S/C9H16F3NO/c1-2-5-13-6-3-8(4-7-13)14-9(10,11)12/h8H,2-7H2,1H3. The van der Waals surface area contributed by atoms with Crippen molar-refractivity contribution in [2.24, 2.45) is 0 Å². The first kappa shape index (κ1) is 11.8. The van der Waals surface area contributed by atoms with Crippen LogP contribution in [0.3, 0.4) is 0 Å². The van der Waals surface area contributed by atoms with Gasteiger partial charge in [0.2, 0.25) is 0 Å². The third-order valence-electron chi connectivity index (χ3n) is 2.37. The average Bonchev–Trinajstić information content (AvgIpc) is 2.06. The highest BCUT2D eigenvalue weighted by Crippen LogP contribution is 2.24. The van der Waals surface area contributed by atoms with Gasteiger partial charge in [0.1, 0.15) is 0 Å². The molecule has 84 valence electrons. The van der Waals surface area contributed by atoms with E-state index in [0.717, 1.165) is 13.0 Å². The normalized spacial score (nSPS) is 21.4. The van der Waals surface area contributed by atoms with Crippen LogP contribution in [-0.4, -0.2) is 37.0 Å². The van der Waals surface area contributed by atoms with E-state index in [2.05, 4.69) is 16.6 Å². The van der Waals surface area contributed by atoms with Crippen LogP contribution in [0.15, 0.2) is 0 Å². The number of hydrogen-bond acceptors (Lipinski definition) is 2. The average molecular weight is 211 g/mol. The molecule has 14 heavy (non-hydrogen) atoms. The van der Waals surface area contributed by atoms with Gasteiger partial charge in [-0.1, -0.05) is 6.92 Å². The second-order valence-electron chi connectivity index (χ2n) is 3.60. The summed E-state index contributed by atoms with van der Waals surface area (Å²) in [7, 11) is 0. The summed E-state index contributed by atoms with van der Waals surface area (Å²) in [6.07, 6.45) is -3.09. The molecule has 2 nitrogen and oxygen atoms in total. The van der Waals surface area contributed by atoms with Crippen LogP contribution in [0.4, 0.5) is 13.2 Å². The van der Waals surface area contributed by atoms with Gasteiger partial charge in [-0.3, -0.25) is 4.74 Å². The summed E-state index contributed by atoms with van der Waals surface area (Å²) >= 11 is 0. The van der Waals surface area contributed by atoms with Gasteiger partial charge in [-0.05, 0) is 25.8 Å². The lowest BCUT2D eigenvalue weighted by molar-refractivity contribution is -0.345. The number of hydrogen-bond donors (Lipinski definition) is 0. The first-order chi connectivity index (χ1) is 6.51. The summed E-state index contributed by atoms with van der Waals surface area (Å²) in [4.78, 5) is 2.18. The van der Waals surface area contributed by atoms with Crippen molar-refractivity contribution in [3.05, 3.63) is 0 Å². The fraction of sp³-hybridized carbons (Fsp3) is 1.00. The van der Waals surface area contributed by atoms with Crippen LogP contribution in [0.5, 0.6) is 0 Å². The number of ether oxygens (including phenoxy) is 1. The van der Waals surface area contributed by atoms with E-state index in [1.54, 1.807) is 0 Å². The van der Waals surface area contributed by atoms with Crippen molar-refractivity contribution in [1.29, 1.82) is 0 Å². The van der Waals surface area contributed by atoms with E-state index in [9.17, 15) is 13.2 Å². The molecule has 0 aliphatic carbocycles. The van der Waals surface area contributed by atoms with E-state index < -0.39 is 12.5 Å². The molecule has 0 radical (unpaired) electrons. The third kappa shape index (κ3) is 4.28. The van der Waals surface area contributed by atoms with Gasteiger partial charge in [-0.2, -0.15) is 0 Å². The van der Waals surface area contributed by atoms with Crippen LogP contribution < -0.4 is 0 Å². The molecule has 1 fully saturated rings. The molecular weight excluding hydrogens is 195 g/mol. The molecule has 0 amide bonds. The smallest absolute Gasteiger partial charge is 0.303 e. The van der Waals surface area contributed by atoms with Crippen molar-refractivity contribution >= 4 is 0 Å². The summed E-state index contributed by atoms with van der Waals surface area (Å²) in [5.74, 6) is 0. The molecule has 0 bridgehead atoms. The van der Waals surface area contributed by atoms with Crippen LogP contribution >= 0.6 is 0 Å². The molecule has 1 aliphatic heterocycles. The fourth-order valence-electron chi connectivity index (χ4n) is 1.76. The molecule has 1 aliphatic rings. The second-order valence-corrected chi connectivity index (χ2v) is 3.60. The lowest BCUT2D eigenvalue weighted by Crippen LogP contribution is -2.39. The number of halogens is 3. The second kappa shape index (κ2) is 4.98. The van der Waals surface area contributed by atoms with Crippen LogP contribution in [0.1, 0.15) is 26.2 Å². The van der Waals surface area contributed by atoms with E-state index in [-0.39, 0.29) is 0 Å². The van der Waals surface area contributed by atoms with Gasteiger partial charge in [0.25, 0.3) is 0 Å². The van der Waals surface area contributed by atoms with E-state index in [0.29, 0.717) is 25.9 Å². The first-order valence-corrected chi connectivity index (χ1v) is 4.98. The molecule has 0 aromatic rings. The molecule has 0 N–H and O–H groups in total. The Kier molecular flexibility index (Phi) is 4.19. The Labute approximate surface area is 82.0 Å². The zero-order valence-electron chi connectivity index (χ0n) is 8.31. The molecule has 0 atom stereocenters. The predicted octanol–water partition coefficient (Wildman–Crippen LogP) is 2.40. The molecule has 0 aromatic heterocycles. The number of rotatable bonds is 3. The number of alkyl halides is 3. The molecule has 5 heteroatoms. The number of likely N-dealkylation sites (tertiary alicyclic amines) is 1. The van der Waals surface area contributed by atoms with Gasteiger partial charge in [0, 0.05) is 13.1 Å². The van der Waals surface area contributed by atoms with Gasteiger partial charge in [0.15, 0.2) is 0 Å². The van der Waals surface area contributed by atoms with Gasteiger partial charge >= 0.3 is 6.36 Å². The van der Waals surface area contributed by atoms with E-state index >= 15 is 0 Å². The van der Waals surface area contributed by atoms with Crippen molar-refractivity contribution in [1.82, 2.24) is 4.90 Å². The lowest BCUT2D eigenvalue weighted by Gasteiger charge is -2.31. The van der Waals surface area contributed by atoms with Crippen molar-refractivity contribution in [3.63, 3.8) is 0 Å². The minimum atomic E-state index is -4.47. The Balaban J connectivity index is 2.22. The lowest BCUT2D eigenvalue weighted by atomic mass is 10.1. The Morgan fingerprint density at radius 1 is 1.29 bits per heavy atom. The van der Waals surface area contributed by atoms with Crippen molar-refractivity contribution in [2.45, 2.75) is 38.7 Å². The van der Waals surface area contributed by atoms with Gasteiger partial charge in [-0.25, -0.2) is 0 Å². The Morgan fingerprint density at radius 2 is 1.86 bits per heavy atom. The maximum atomic E-state index is 11.8. The summed E-state index contributed by atoms with van der Waals surface area (Å²) in [5, 5.41) is 0. The van der Waals surface area contributed by atoms with E-state index in [1.807, 2.05) is 0 Å². The SMILES string of the molecule is CCCN1CCC(OC(F)(F)F)CC1. The molecule has 0 spiro atoms. The minimum Gasteiger partial charge on any atom is -0.303 e. The predicted molar refractivity (Wildman–Crippen MR) is 46.9 cm³/mol. The van der Waals surface area contributed by atoms with Crippen LogP contribution in [0, 0.1) is 0 Å². The van der Waals surface area contributed by atoms with Crippen LogP contribution in [-0.2, 0) is 4.74 Å². The van der Waals surface area contributed by atoms with Crippen LogP contribution in [0.2, 0.25) is 0 Å². The quantitative estimate of drug-likeness (QED) is 0.710. The Morgan fingerprint density at radius 3 is 2.29 bits per heavy atom. The highest BCUT2D eigenvalue weighted by Gasteiger charge is 2.34. The zero-order valence-corrected chi connectivity index (χ0v) is 8.31. The molecular formula is C9H16F3NO. The molecule has 0 saturated carbocycles. The van der Waals surface area contributed by atoms with Crippen molar-refractivity contribution in [2.75, 3.05) is 19.6 Å². The Hall–Kier alpha value is -0.290. The van der Waals surface area contributed by atoms with Gasteiger partial charge in [0.05, 0.1) is 6.10 Å². The maximum absolute atomic E-state index is 11.8. The molecule has 1 saturated heterocycles. The summed E-state index contributed by atoms with van der Waals surface area (Å²) in [6.45, 7) is 4.47. The number of piperidine rings is 1. The van der Waals surface area contributed by atoms with Gasteiger partial charge in [-0.15, -0.1) is 13.2 Å². The van der Waals surface area contributed by atoms with E-state index in [4.69, 9.17) is 0 Å². The van der Waals surface area contributed by atoms with Crippen molar-refractivity contribution < 1.29 is 17.9 Å². The molecule has 0 unspecified atom stereocenters. The highest BCUT2D eigenvalue weighted by molar-refractivity contribution is 4.72. The topological polar surface area (TPSA) is 12.5 Å². The van der Waals surface area contributed by atoms with Crippen molar-refractivity contribution in [3.8, 4) is 0 Å². The minimum absolute atomic E-state index is 0.486. The summed E-state index contributed by atoms with van der Waals surface area (Å²) in [5.41, 5.74) is 0. The largest absolute Gasteiger partial charge is 0.522 e. The third-order valence-corrected chi connectivity index (χ3v) is 2.37. The summed E-state index contributed by atoms with van der Waals surface area (Å²) < 4.78 is 39.5. The fourth-order valence-corrected chi connectivity index (χ4v) is 1.76. The highest BCUT2D eigenvalue weighted by atomic mass is 19.4. The van der Waals surface area contributed by atoms with Gasteiger partial charge < -0.3 is 4.90 Å². The molecule has 0 aromatic carbocycles. The first-order valence-electron chi connectivity index (χ1n) is 4.98. The zero-order chi connectivity index (χ0) is 10.6. The molecule has 1 heterocycles. The monoisotopic (exact) mass is 211 g/mol. The van der Waals surface area contributed by atoms with Crippen LogP contribution in [0.25, 0.3) is 0 Å². The maximum Gasteiger partial charge on any atom is 0.522 e.